The molecule has 236 valence electrons. The first-order chi connectivity index (χ1) is 22.7. The van der Waals surface area contributed by atoms with Gasteiger partial charge in [-0.25, -0.2) is 9.69 Å². The first-order valence-electron chi connectivity index (χ1n) is 14.8. The van der Waals surface area contributed by atoms with E-state index >= 15 is 0 Å². The number of benzene rings is 4. The van der Waals surface area contributed by atoms with Crippen LogP contribution < -0.4 is 15.1 Å². The van der Waals surface area contributed by atoms with Crippen molar-refractivity contribution < 1.29 is 23.9 Å². The molecule has 12 heteroatoms. The summed E-state index contributed by atoms with van der Waals surface area (Å²) in [6.07, 6.45) is 0. The highest BCUT2D eigenvalue weighted by molar-refractivity contribution is 9.10. The fourth-order valence-electron chi connectivity index (χ4n) is 6.20. The fourth-order valence-corrected chi connectivity index (χ4v) is 9.39. The van der Waals surface area contributed by atoms with Crippen molar-refractivity contribution in [2.45, 2.75) is 29.7 Å². The van der Waals surface area contributed by atoms with Crippen LogP contribution in [0.15, 0.2) is 105 Å². The third kappa shape index (κ3) is 5.60. The molecule has 3 amide bonds. The van der Waals surface area contributed by atoms with Gasteiger partial charge in [-0.05, 0) is 60.3 Å². The first kappa shape index (κ1) is 31.1. The topological polar surface area (TPSA) is 115 Å². The van der Waals surface area contributed by atoms with E-state index in [2.05, 4.69) is 21.2 Å². The minimum atomic E-state index is -0.843. The van der Waals surface area contributed by atoms with Crippen LogP contribution in [0.5, 0.6) is 0 Å². The van der Waals surface area contributed by atoms with Gasteiger partial charge in [-0.1, -0.05) is 87.6 Å². The highest BCUT2D eigenvalue weighted by atomic mass is 79.9. The Balaban J connectivity index is 1.25. The zero-order valence-corrected chi connectivity index (χ0v) is 28.1. The molecule has 1 fully saturated rings. The van der Waals surface area contributed by atoms with Gasteiger partial charge in [0.25, 0.3) is 0 Å². The van der Waals surface area contributed by atoms with Crippen LogP contribution in [0.3, 0.4) is 0 Å². The van der Waals surface area contributed by atoms with Crippen LogP contribution in [-0.4, -0.2) is 40.1 Å². The molecule has 0 bridgehead atoms. The van der Waals surface area contributed by atoms with Crippen molar-refractivity contribution in [3.05, 3.63) is 121 Å². The van der Waals surface area contributed by atoms with Gasteiger partial charge >= 0.3 is 10.8 Å². The van der Waals surface area contributed by atoms with E-state index in [1.807, 2.05) is 66.7 Å². The third-order valence-electron chi connectivity index (χ3n) is 8.26. The number of rotatable bonds is 7. The van der Waals surface area contributed by atoms with Crippen LogP contribution in [0.2, 0.25) is 0 Å². The second-order valence-electron chi connectivity index (χ2n) is 11.1. The van der Waals surface area contributed by atoms with Crippen molar-refractivity contribution in [3.8, 4) is 0 Å². The monoisotopic (exact) mass is 727 g/mol. The van der Waals surface area contributed by atoms with E-state index in [4.69, 9.17) is 4.74 Å². The number of nitrogens with zero attached hydrogens (tertiary/aromatic N) is 2. The number of imide groups is 1. The minimum absolute atomic E-state index is 0.223. The summed E-state index contributed by atoms with van der Waals surface area (Å²) in [5.74, 6) is -3.10. The Morgan fingerprint density at radius 3 is 2.43 bits per heavy atom. The van der Waals surface area contributed by atoms with Gasteiger partial charge in [0.2, 0.25) is 17.7 Å². The SMILES string of the molecule is CCOC(=O)c1ccc(N2C(=O)C3Sc4c(sc(=O)n4CC(=O)Nc4cccc5ccccc45)[C@H](c4cccc(Br)c4)C3C2=O)cc1. The van der Waals surface area contributed by atoms with E-state index in [1.165, 1.54) is 16.7 Å². The number of hydrogen-bond donors (Lipinski definition) is 1. The van der Waals surface area contributed by atoms with E-state index in [0.717, 1.165) is 48.8 Å². The Bertz CT molecular complexity index is 2140. The lowest BCUT2D eigenvalue weighted by atomic mass is 9.83. The maximum atomic E-state index is 14.2. The number of esters is 1. The van der Waals surface area contributed by atoms with Gasteiger partial charge in [0, 0.05) is 26.3 Å². The van der Waals surface area contributed by atoms with Crippen LogP contribution in [0.25, 0.3) is 10.8 Å². The summed E-state index contributed by atoms with van der Waals surface area (Å²) in [7, 11) is 0. The molecule has 1 saturated heterocycles. The maximum absolute atomic E-state index is 14.2. The van der Waals surface area contributed by atoms with E-state index in [1.54, 1.807) is 19.1 Å². The molecule has 47 heavy (non-hydrogen) atoms. The number of carbonyl (C=O) groups is 4. The molecule has 1 N–H and O–H groups in total. The molecule has 7 rings (SSSR count). The number of halogens is 1. The molecule has 5 aromatic rings. The largest absolute Gasteiger partial charge is 0.462 e. The highest BCUT2D eigenvalue weighted by Crippen LogP contribution is 2.54. The quantitative estimate of drug-likeness (QED) is 0.152. The van der Waals surface area contributed by atoms with E-state index in [-0.39, 0.29) is 23.9 Å². The number of amides is 3. The number of nitrogens with one attached hydrogen (secondary N) is 1. The molecule has 0 saturated carbocycles. The van der Waals surface area contributed by atoms with Crippen molar-refractivity contribution in [1.82, 2.24) is 4.57 Å². The maximum Gasteiger partial charge on any atom is 0.338 e. The lowest BCUT2D eigenvalue weighted by Gasteiger charge is -2.30. The van der Waals surface area contributed by atoms with Crippen molar-refractivity contribution >= 4 is 84.9 Å². The molecule has 2 aliphatic heterocycles. The molecule has 1 aromatic heterocycles. The predicted octanol–water partition coefficient (Wildman–Crippen LogP) is 6.44. The number of aromatic nitrogens is 1. The van der Waals surface area contributed by atoms with Gasteiger partial charge in [-0.3, -0.25) is 23.7 Å². The summed E-state index contributed by atoms with van der Waals surface area (Å²) in [4.78, 5) is 68.8. The van der Waals surface area contributed by atoms with Crippen molar-refractivity contribution in [1.29, 1.82) is 0 Å². The zero-order valence-electron chi connectivity index (χ0n) is 24.8. The smallest absolute Gasteiger partial charge is 0.338 e. The summed E-state index contributed by atoms with van der Waals surface area (Å²) in [5.41, 5.74) is 2.05. The predicted molar refractivity (Wildman–Crippen MR) is 185 cm³/mol. The highest BCUT2D eigenvalue weighted by Gasteiger charge is 2.56. The summed E-state index contributed by atoms with van der Waals surface area (Å²) >= 11 is 5.67. The van der Waals surface area contributed by atoms with Crippen LogP contribution >= 0.6 is 39.0 Å². The number of thiazole rings is 1. The zero-order chi connectivity index (χ0) is 32.8. The van der Waals surface area contributed by atoms with Gasteiger partial charge in [0.15, 0.2) is 0 Å². The minimum Gasteiger partial charge on any atom is -0.462 e. The van der Waals surface area contributed by atoms with Gasteiger partial charge in [0.05, 0.1) is 28.8 Å². The number of hydrogen-bond acceptors (Lipinski definition) is 8. The van der Waals surface area contributed by atoms with Gasteiger partial charge in [-0.2, -0.15) is 0 Å². The molecule has 9 nitrogen and oxygen atoms in total. The standard InChI is InChI=1S/C35H26BrN3O6S2/c1-2-45-34(43)20-13-15-23(16-14-20)39-31(41)28-27(21-9-5-10-22(36)17-21)30-33(46-29(28)32(39)42)38(35(44)47-30)18-26(40)37-25-12-6-8-19-7-3-4-11-24(19)25/h3-17,27-29H,2,18H2,1H3,(H,37,40)/t27-,28?,29?/m1/s1. The molecule has 0 radical (unpaired) electrons. The van der Waals surface area contributed by atoms with Gasteiger partial charge < -0.3 is 10.1 Å². The molecule has 2 unspecified atom stereocenters. The molecule has 0 spiro atoms. The van der Waals surface area contributed by atoms with Gasteiger partial charge in [-0.15, -0.1) is 0 Å². The second kappa shape index (κ2) is 12.6. The third-order valence-corrected chi connectivity index (χ3v) is 11.4. The Morgan fingerprint density at radius 1 is 0.915 bits per heavy atom. The Kier molecular flexibility index (Phi) is 8.33. The van der Waals surface area contributed by atoms with Crippen molar-refractivity contribution in [3.63, 3.8) is 0 Å². The Hall–Kier alpha value is -4.52. The average molecular weight is 729 g/mol. The molecular weight excluding hydrogens is 702 g/mol. The lowest BCUT2D eigenvalue weighted by Crippen LogP contribution is -2.33. The Morgan fingerprint density at radius 2 is 1.66 bits per heavy atom. The summed E-state index contributed by atoms with van der Waals surface area (Å²) in [5, 5.41) is 4.45. The number of fused-ring (bicyclic) bond motifs is 3. The van der Waals surface area contributed by atoms with Crippen LogP contribution in [0, 0.1) is 5.92 Å². The summed E-state index contributed by atoms with van der Waals surface area (Å²) in [6, 6.07) is 27.0. The normalized spacial score (nSPS) is 18.6. The average Bonchev–Trinajstić information content (AvgIpc) is 3.51. The molecule has 3 heterocycles. The second-order valence-corrected chi connectivity index (χ2v) is 14.1. The fraction of sp³-hybridized carbons (Fsp3) is 0.171. The summed E-state index contributed by atoms with van der Waals surface area (Å²) in [6.45, 7) is 1.68. The van der Waals surface area contributed by atoms with Crippen LogP contribution in [0.1, 0.15) is 33.6 Å². The molecule has 3 atom stereocenters. The van der Waals surface area contributed by atoms with Crippen molar-refractivity contribution in [2.24, 2.45) is 5.92 Å². The molecule has 4 aromatic carbocycles. The number of thioether (sulfide) groups is 1. The van der Waals surface area contributed by atoms with Crippen molar-refractivity contribution in [2.75, 3.05) is 16.8 Å². The van der Waals surface area contributed by atoms with E-state index in [0.29, 0.717) is 26.8 Å². The molecular formula is C35H26BrN3O6S2. The van der Waals surface area contributed by atoms with Crippen LogP contribution in [-0.2, 0) is 25.7 Å². The summed E-state index contributed by atoms with van der Waals surface area (Å²) < 4.78 is 7.26. The number of carbonyl (C=O) groups excluding carboxylic acids is 4. The number of anilines is 2. The first-order valence-corrected chi connectivity index (χ1v) is 17.3. The number of ether oxygens (including phenoxy) is 1. The Labute approximate surface area is 285 Å². The van der Waals surface area contributed by atoms with E-state index < -0.39 is 34.9 Å². The molecule has 0 aliphatic carbocycles. The van der Waals surface area contributed by atoms with Gasteiger partial charge in [0.1, 0.15) is 11.8 Å². The molecule has 2 aliphatic rings. The van der Waals surface area contributed by atoms with Crippen LogP contribution in [0.4, 0.5) is 11.4 Å². The lowest BCUT2D eigenvalue weighted by molar-refractivity contribution is -0.122. The van der Waals surface area contributed by atoms with E-state index in [9.17, 15) is 24.0 Å².